The van der Waals surface area contributed by atoms with Gasteiger partial charge in [0.1, 0.15) is 10.3 Å². The molecule has 1 aromatic heterocycles. The highest BCUT2D eigenvalue weighted by Crippen LogP contribution is 2.32. The van der Waals surface area contributed by atoms with E-state index < -0.39 is 11.9 Å². The lowest BCUT2D eigenvalue weighted by molar-refractivity contribution is -0.138. The molecule has 0 saturated carbocycles. The molecule has 0 bridgehead atoms. The van der Waals surface area contributed by atoms with Gasteiger partial charge in [-0.15, -0.1) is 0 Å². The highest BCUT2D eigenvalue weighted by molar-refractivity contribution is 7.19. The van der Waals surface area contributed by atoms with Crippen molar-refractivity contribution in [3.63, 3.8) is 0 Å². The van der Waals surface area contributed by atoms with Gasteiger partial charge in [0, 0.05) is 0 Å². The first-order chi connectivity index (χ1) is 6.06. The number of aliphatic carboxylic acids is 1. The molecule has 0 fully saturated rings. The highest BCUT2D eigenvalue weighted by Gasteiger charge is 2.23. The van der Waals surface area contributed by atoms with Crippen LogP contribution in [-0.2, 0) is 4.79 Å². The van der Waals surface area contributed by atoms with E-state index in [-0.39, 0.29) is 0 Å². The highest BCUT2D eigenvalue weighted by atomic mass is 35.5. The number of halogens is 1. The van der Waals surface area contributed by atoms with Crippen LogP contribution in [-0.4, -0.2) is 16.1 Å². The topological polar surface area (TPSA) is 76.2 Å². The van der Waals surface area contributed by atoms with Crippen LogP contribution in [0.2, 0.25) is 4.34 Å². The summed E-state index contributed by atoms with van der Waals surface area (Å²) in [5, 5.41) is 9.13. The lowest BCUT2D eigenvalue weighted by Gasteiger charge is -2.05. The van der Waals surface area contributed by atoms with E-state index in [2.05, 4.69) is 4.98 Å². The van der Waals surface area contributed by atoms with Gasteiger partial charge in [-0.05, 0) is 6.42 Å². The third kappa shape index (κ3) is 2.10. The number of nitrogens with two attached hydrogens (primary N) is 1. The van der Waals surface area contributed by atoms with Crippen molar-refractivity contribution in [2.75, 3.05) is 5.73 Å². The van der Waals surface area contributed by atoms with Crippen LogP contribution < -0.4 is 5.73 Å². The summed E-state index contributed by atoms with van der Waals surface area (Å²) in [7, 11) is 0. The van der Waals surface area contributed by atoms with Crippen LogP contribution in [0.3, 0.4) is 0 Å². The number of hydrogen-bond donors (Lipinski definition) is 2. The molecule has 13 heavy (non-hydrogen) atoms. The molecule has 1 heterocycles. The van der Waals surface area contributed by atoms with Gasteiger partial charge in [0.2, 0.25) is 0 Å². The minimum Gasteiger partial charge on any atom is -0.481 e. The van der Waals surface area contributed by atoms with Crippen molar-refractivity contribution >= 4 is 34.0 Å². The van der Waals surface area contributed by atoms with E-state index in [1.54, 1.807) is 6.92 Å². The summed E-state index contributed by atoms with van der Waals surface area (Å²) in [6, 6.07) is 0. The van der Waals surface area contributed by atoms with Crippen LogP contribution in [0, 0.1) is 0 Å². The zero-order valence-electron chi connectivity index (χ0n) is 6.95. The third-order valence-electron chi connectivity index (χ3n) is 1.66. The number of anilines is 1. The molecule has 0 aromatic carbocycles. The monoisotopic (exact) mass is 220 g/mol. The molecule has 1 unspecified atom stereocenters. The van der Waals surface area contributed by atoms with E-state index in [4.69, 9.17) is 22.4 Å². The van der Waals surface area contributed by atoms with Crippen LogP contribution in [0.5, 0.6) is 0 Å². The second kappa shape index (κ2) is 3.93. The number of carboxylic acid groups (broad SMARTS) is 1. The molecule has 0 radical (unpaired) electrons. The van der Waals surface area contributed by atoms with E-state index in [0.717, 1.165) is 11.3 Å². The van der Waals surface area contributed by atoms with Crippen molar-refractivity contribution in [2.24, 2.45) is 0 Å². The van der Waals surface area contributed by atoms with Gasteiger partial charge >= 0.3 is 5.97 Å². The normalized spacial score (nSPS) is 12.8. The van der Waals surface area contributed by atoms with Gasteiger partial charge in [0.25, 0.3) is 0 Å². The average Bonchev–Trinajstić information content (AvgIpc) is 2.31. The molecule has 0 aliphatic heterocycles. The summed E-state index contributed by atoms with van der Waals surface area (Å²) in [6.07, 6.45) is 0.457. The minimum atomic E-state index is -0.922. The van der Waals surface area contributed by atoms with Gasteiger partial charge in [0.15, 0.2) is 5.13 Å². The van der Waals surface area contributed by atoms with Gasteiger partial charge in [-0.2, -0.15) is 0 Å². The fraction of sp³-hybridized carbons (Fsp3) is 0.429. The maximum absolute atomic E-state index is 10.8. The summed E-state index contributed by atoms with van der Waals surface area (Å²) >= 11 is 6.87. The van der Waals surface area contributed by atoms with Crippen molar-refractivity contribution in [1.82, 2.24) is 4.98 Å². The summed E-state index contributed by atoms with van der Waals surface area (Å²) < 4.78 is 0.367. The molecule has 0 spiro atoms. The molecule has 6 heteroatoms. The van der Waals surface area contributed by atoms with E-state index in [1.165, 1.54) is 0 Å². The van der Waals surface area contributed by atoms with Crippen molar-refractivity contribution in [3.8, 4) is 0 Å². The molecule has 0 amide bonds. The van der Waals surface area contributed by atoms with Crippen molar-refractivity contribution < 1.29 is 9.90 Å². The molecule has 4 nitrogen and oxygen atoms in total. The zero-order valence-corrected chi connectivity index (χ0v) is 8.52. The Kier molecular flexibility index (Phi) is 3.11. The van der Waals surface area contributed by atoms with Crippen molar-refractivity contribution in [3.05, 3.63) is 10.0 Å². The van der Waals surface area contributed by atoms with Crippen LogP contribution in [0.4, 0.5) is 5.13 Å². The lowest BCUT2D eigenvalue weighted by Crippen LogP contribution is -2.11. The standard InChI is InChI=1S/C7H9ClN2O2S/c1-2-3(6(11)12)4-5(8)13-7(9)10-4/h3H,2H2,1H3,(H2,9,10)(H,11,12). The van der Waals surface area contributed by atoms with Crippen molar-refractivity contribution in [1.29, 1.82) is 0 Å². The second-order valence-corrected chi connectivity index (χ2v) is 4.14. The number of nitrogens with zero attached hydrogens (tertiary/aromatic N) is 1. The number of carboxylic acids is 1. The van der Waals surface area contributed by atoms with Gasteiger partial charge in [-0.3, -0.25) is 4.79 Å². The largest absolute Gasteiger partial charge is 0.481 e. The zero-order chi connectivity index (χ0) is 10.0. The maximum atomic E-state index is 10.8. The summed E-state index contributed by atoms with van der Waals surface area (Å²) in [4.78, 5) is 14.6. The summed E-state index contributed by atoms with van der Waals surface area (Å²) in [6.45, 7) is 1.77. The first-order valence-electron chi connectivity index (χ1n) is 3.70. The van der Waals surface area contributed by atoms with Crippen LogP contribution >= 0.6 is 22.9 Å². The number of aromatic nitrogens is 1. The van der Waals surface area contributed by atoms with Crippen LogP contribution in [0.1, 0.15) is 25.0 Å². The molecule has 0 aliphatic rings. The molecular formula is C7H9ClN2O2S. The minimum absolute atomic E-state index is 0.305. The first-order valence-corrected chi connectivity index (χ1v) is 4.90. The smallest absolute Gasteiger partial charge is 0.312 e. The van der Waals surface area contributed by atoms with Gasteiger partial charge in [-0.25, -0.2) is 4.98 Å². The Hall–Kier alpha value is -0.810. The quantitative estimate of drug-likeness (QED) is 0.817. The summed E-state index contributed by atoms with van der Waals surface area (Å²) in [5.74, 6) is -1.57. The van der Waals surface area contributed by atoms with Gasteiger partial charge < -0.3 is 10.8 Å². The fourth-order valence-electron chi connectivity index (χ4n) is 1.03. The number of carbonyl (C=O) groups is 1. The SMILES string of the molecule is CCC(C(=O)O)c1nc(N)sc1Cl. The second-order valence-electron chi connectivity index (χ2n) is 2.51. The molecular weight excluding hydrogens is 212 g/mol. The van der Waals surface area contributed by atoms with E-state index >= 15 is 0 Å². The average molecular weight is 221 g/mol. The Balaban J connectivity index is 3.04. The van der Waals surface area contributed by atoms with Gasteiger partial charge in [0.05, 0.1) is 5.69 Å². The van der Waals surface area contributed by atoms with Crippen molar-refractivity contribution in [2.45, 2.75) is 19.3 Å². The summed E-state index contributed by atoms with van der Waals surface area (Å²) in [5.41, 5.74) is 5.78. The predicted molar refractivity (Wildman–Crippen MR) is 52.2 cm³/mol. The Bertz CT molecular complexity index is 326. The van der Waals surface area contributed by atoms with E-state index in [9.17, 15) is 4.79 Å². The number of nitrogen functional groups attached to an aromatic ring is 1. The van der Waals surface area contributed by atoms with Crippen LogP contribution in [0.25, 0.3) is 0 Å². The Morgan fingerprint density at radius 1 is 1.85 bits per heavy atom. The maximum Gasteiger partial charge on any atom is 0.312 e. The molecule has 1 aromatic rings. The third-order valence-corrected chi connectivity index (χ3v) is 2.78. The van der Waals surface area contributed by atoms with Crippen LogP contribution in [0.15, 0.2) is 0 Å². The molecule has 1 rings (SSSR count). The first kappa shape index (κ1) is 10.3. The predicted octanol–water partition coefficient (Wildman–Crippen LogP) is 1.96. The fourth-order valence-corrected chi connectivity index (χ4v) is 2.06. The Morgan fingerprint density at radius 2 is 2.46 bits per heavy atom. The van der Waals surface area contributed by atoms with Gasteiger partial charge in [-0.1, -0.05) is 29.9 Å². The number of thiazole rings is 1. The lowest BCUT2D eigenvalue weighted by atomic mass is 10.0. The van der Waals surface area contributed by atoms with E-state index in [0.29, 0.717) is 21.6 Å². The number of rotatable bonds is 3. The molecule has 72 valence electrons. The molecule has 1 atom stereocenters. The molecule has 3 N–H and O–H groups in total. The van der Waals surface area contributed by atoms with E-state index in [1.807, 2.05) is 0 Å². The molecule has 0 aliphatic carbocycles. The number of hydrogen-bond acceptors (Lipinski definition) is 4. The Labute approximate surface area is 84.4 Å². The Morgan fingerprint density at radius 3 is 2.77 bits per heavy atom. The molecule has 0 saturated heterocycles.